The zero-order valence-corrected chi connectivity index (χ0v) is 7.68. The van der Waals surface area contributed by atoms with Crippen molar-refractivity contribution >= 4 is 12.4 Å². The molecule has 2 bridgehead atoms. The van der Waals surface area contributed by atoms with Crippen LogP contribution in [0.3, 0.4) is 0 Å². The maximum absolute atomic E-state index is 9.38. The first-order valence-corrected chi connectivity index (χ1v) is 4.14. The van der Waals surface area contributed by atoms with Gasteiger partial charge in [0.2, 0.25) is 0 Å². The lowest BCUT2D eigenvalue weighted by atomic mass is 9.88. The second-order valence-electron chi connectivity index (χ2n) is 3.82. The Labute approximate surface area is 74.0 Å². The second kappa shape index (κ2) is 3.30. The number of rotatable bonds is 0. The molecule has 2 rings (SSSR count). The van der Waals surface area contributed by atoms with Crippen LogP contribution in [0.25, 0.3) is 0 Å². The lowest BCUT2D eigenvalue weighted by molar-refractivity contribution is 0.102. The summed E-state index contributed by atoms with van der Waals surface area (Å²) >= 11 is 0. The highest BCUT2D eigenvalue weighted by Gasteiger charge is 2.36. The summed E-state index contributed by atoms with van der Waals surface area (Å²) in [6.45, 7) is 1.21. The number of hydrogen-bond donors (Lipinski definition) is 1. The Hall–Kier alpha value is 0.210. The fourth-order valence-corrected chi connectivity index (χ4v) is 2.44. The average Bonchev–Trinajstić information content (AvgIpc) is 2.07. The number of aliphatic hydroxyl groups excluding tert-OH is 1. The Bertz CT molecular complexity index is 137. The first kappa shape index (κ1) is 9.30. The third kappa shape index (κ3) is 1.68. The van der Waals surface area contributed by atoms with Gasteiger partial charge < -0.3 is 10.0 Å². The van der Waals surface area contributed by atoms with Crippen LogP contribution in [0.1, 0.15) is 19.3 Å². The van der Waals surface area contributed by atoms with E-state index in [4.69, 9.17) is 0 Å². The molecule has 1 heterocycles. The van der Waals surface area contributed by atoms with Crippen LogP contribution < -0.4 is 0 Å². The molecular formula is C8H16ClNO. The second-order valence-corrected chi connectivity index (χ2v) is 3.82. The van der Waals surface area contributed by atoms with Crippen LogP contribution in [0, 0.1) is 5.92 Å². The molecule has 1 N–H and O–H groups in total. The number of aliphatic hydroxyl groups is 1. The predicted octanol–water partition coefficient (Wildman–Crippen LogP) is 0.883. The Balaban J connectivity index is 0.000000605. The average molecular weight is 178 g/mol. The molecular weight excluding hydrogens is 162 g/mol. The van der Waals surface area contributed by atoms with Gasteiger partial charge in [0.15, 0.2) is 0 Å². The molecule has 1 saturated heterocycles. The number of halogens is 1. The van der Waals surface area contributed by atoms with E-state index in [1.807, 2.05) is 0 Å². The minimum absolute atomic E-state index is 0. The molecule has 2 aliphatic rings. The molecule has 0 radical (unpaired) electrons. The molecule has 0 amide bonds. The van der Waals surface area contributed by atoms with E-state index in [0.717, 1.165) is 18.8 Å². The third-order valence-corrected chi connectivity index (χ3v) is 2.92. The molecule has 0 aromatic rings. The Morgan fingerprint density at radius 2 is 2.00 bits per heavy atom. The van der Waals surface area contributed by atoms with Crippen molar-refractivity contribution in [3.8, 4) is 0 Å². The summed E-state index contributed by atoms with van der Waals surface area (Å²) in [4.78, 5) is 2.39. The van der Waals surface area contributed by atoms with Gasteiger partial charge in [-0.3, -0.25) is 0 Å². The largest absolute Gasteiger partial charge is 0.393 e. The van der Waals surface area contributed by atoms with Crippen molar-refractivity contribution < 1.29 is 5.11 Å². The summed E-state index contributed by atoms with van der Waals surface area (Å²) in [5.74, 6) is 0.791. The predicted molar refractivity (Wildman–Crippen MR) is 47.0 cm³/mol. The van der Waals surface area contributed by atoms with E-state index in [9.17, 15) is 5.11 Å². The summed E-state index contributed by atoms with van der Waals surface area (Å²) in [5.41, 5.74) is 0. The summed E-state index contributed by atoms with van der Waals surface area (Å²) in [6.07, 6.45) is 3.37. The van der Waals surface area contributed by atoms with Gasteiger partial charge in [-0.25, -0.2) is 0 Å². The molecule has 1 aliphatic carbocycles. The number of fused-ring (bicyclic) bond motifs is 2. The monoisotopic (exact) mass is 177 g/mol. The zero-order chi connectivity index (χ0) is 7.14. The molecule has 3 atom stereocenters. The first-order valence-electron chi connectivity index (χ1n) is 4.14. The van der Waals surface area contributed by atoms with Crippen molar-refractivity contribution in [3.05, 3.63) is 0 Å². The molecule has 11 heavy (non-hydrogen) atoms. The lowest BCUT2D eigenvalue weighted by Gasteiger charge is -2.24. The van der Waals surface area contributed by atoms with Gasteiger partial charge in [-0.2, -0.15) is 0 Å². The van der Waals surface area contributed by atoms with E-state index in [2.05, 4.69) is 11.9 Å². The van der Waals surface area contributed by atoms with Gasteiger partial charge in [0.25, 0.3) is 0 Å². The summed E-state index contributed by atoms with van der Waals surface area (Å²) in [7, 11) is 2.17. The normalized spacial score (nSPS) is 43.6. The lowest BCUT2D eigenvalue weighted by Crippen LogP contribution is -2.29. The molecule has 0 aromatic heterocycles. The maximum Gasteiger partial charge on any atom is 0.0558 e. The van der Waals surface area contributed by atoms with E-state index in [-0.39, 0.29) is 18.5 Å². The minimum Gasteiger partial charge on any atom is -0.393 e. The number of hydrogen-bond acceptors (Lipinski definition) is 2. The van der Waals surface area contributed by atoms with Crippen molar-refractivity contribution in [1.29, 1.82) is 0 Å². The quantitative estimate of drug-likeness (QED) is 0.594. The van der Waals surface area contributed by atoms with Gasteiger partial charge in [-0.05, 0) is 32.2 Å². The molecule has 2 fully saturated rings. The molecule has 2 nitrogen and oxygen atoms in total. The van der Waals surface area contributed by atoms with Crippen molar-refractivity contribution in [2.75, 3.05) is 13.6 Å². The van der Waals surface area contributed by atoms with Crippen LogP contribution in [0.15, 0.2) is 0 Å². The molecule has 1 saturated carbocycles. The summed E-state index contributed by atoms with van der Waals surface area (Å²) in [5, 5.41) is 9.38. The topological polar surface area (TPSA) is 23.5 Å². The van der Waals surface area contributed by atoms with Gasteiger partial charge in [0.1, 0.15) is 0 Å². The van der Waals surface area contributed by atoms with E-state index >= 15 is 0 Å². The highest BCUT2D eigenvalue weighted by molar-refractivity contribution is 5.85. The van der Waals surface area contributed by atoms with Crippen molar-refractivity contribution in [3.63, 3.8) is 0 Å². The molecule has 0 unspecified atom stereocenters. The van der Waals surface area contributed by atoms with E-state index in [0.29, 0.717) is 6.04 Å². The fraction of sp³-hybridized carbons (Fsp3) is 1.00. The Kier molecular flexibility index (Phi) is 2.79. The minimum atomic E-state index is -0.00583. The summed E-state index contributed by atoms with van der Waals surface area (Å²) < 4.78 is 0. The number of likely N-dealkylation sites (tertiary alicyclic amines) is 1. The zero-order valence-electron chi connectivity index (χ0n) is 6.86. The van der Waals surface area contributed by atoms with Crippen LogP contribution in [0.2, 0.25) is 0 Å². The standard InChI is InChI=1S/C8H15NO.ClH/c1-9-5-6-2-7(9)4-8(10)3-6;/h6-8,10H,2-5H2,1H3;1H/t6-,7+,8+;/m1./s1. The highest BCUT2D eigenvalue weighted by Crippen LogP contribution is 2.34. The Morgan fingerprint density at radius 3 is 2.64 bits per heavy atom. The molecule has 1 aliphatic heterocycles. The summed E-state index contributed by atoms with van der Waals surface area (Å²) in [6, 6.07) is 0.689. The SMILES string of the molecule is CN1C[C@H]2C[C@H](O)C[C@@H]1C2.Cl. The Morgan fingerprint density at radius 1 is 1.27 bits per heavy atom. The first-order chi connectivity index (χ1) is 4.75. The van der Waals surface area contributed by atoms with Gasteiger partial charge in [-0.1, -0.05) is 0 Å². The van der Waals surface area contributed by atoms with E-state index < -0.39 is 0 Å². The fourth-order valence-electron chi connectivity index (χ4n) is 2.44. The molecule has 3 heteroatoms. The van der Waals surface area contributed by atoms with Crippen LogP contribution >= 0.6 is 12.4 Å². The van der Waals surface area contributed by atoms with E-state index in [1.165, 1.54) is 13.0 Å². The van der Waals surface area contributed by atoms with Gasteiger partial charge >= 0.3 is 0 Å². The molecule has 0 aromatic carbocycles. The highest BCUT2D eigenvalue weighted by atomic mass is 35.5. The van der Waals surface area contributed by atoms with Crippen molar-refractivity contribution in [1.82, 2.24) is 4.90 Å². The smallest absolute Gasteiger partial charge is 0.0558 e. The van der Waals surface area contributed by atoms with Crippen LogP contribution in [0.4, 0.5) is 0 Å². The van der Waals surface area contributed by atoms with Gasteiger partial charge in [-0.15, -0.1) is 12.4 Å². The van der Waals surface area contributed by atoms with Crippen molar-refractivity contribution in [2.24, 2.45) is 5.92 Å². The molecule has 66 valence electrons. The van der Waals surface area contributed by atoms with E-state index in [1.54, 1.807) is 0 Å². The van der Waals surface area contributed by atoms with Crippen LogP contribution in [-0.2, 0) is 0 Å². The van der Waals surface area contributed by atoms with Gasteiger partial charge in [0.05, 0.1) is 6.10 Å². The maximum atomic E-state index is 9.38. The number of nitrogens with zero attached hydrogens (tertiary/aromatic N) is 1. The van der Waals surface area contributed by atoms with Crippen LogP contribution in [0.5, 0.6) is 0 Å². The van der Waals surface area contributed by atoms with Gasteiger partial charge in [0, 0.05) is 12.6 Å². The third-order valence-electron chi connectivity index (χ3n) is 2.92. The van der Waals surface area contributed by atoms with Crippen LogP contribution in [-0.4, -0.2) is 35.7 Å². The molecule has 0 spiro atoms. The van der Waals surface area contributed by atoms with Crippen molar-refractivity contribution in [2.45, 2.75) is 31.4 Å².